The number of hydrogen-bond donors (Lipinski definition) is 1. The fraction of sp³-hybridized carbons (Fsp3) is 0.926. The van der Waals surface area contributed by atoms with Crippen molar-refractivity contribution in [1.29, 1.82) is 0 Å². The van der Waals surface area contributed by atoms with E-state index in [-0.39, 0.29) is 11.5 Å². The summed E-state index contributed by atoms with van der Waals surface area (Å²) in [5.41, 5.74) is 2.47. The lowest BCUT2D eigenvalue weighted by Crippen LogP contribution is -2.54. The van der Waals surface area contributed by atoms with Crippen molar-refractivity contribution in [2.45, 2.75) is 111 Å². The van der Waals surface area contributed by atoms with E-state index in [0.29, 0.717) is 11.3 Å². The van der Waals surface area contributed by atoms with Gasteiger partial charge in [-0.2, -0.15) is 0 Å². The Morgan fingerprint density at radius 1 is 1.00 bits per heavy atom. The molecule has 3 saturated carbocycles. The van der Waals surface area contributed by atoms with E-state index in [9.17, 15) is 5.11 Å². The first-order valence-corrected chi connectivity index (χ1v) is 12.7. The van der Waals surface area contributed by atoms with Crippen molar-refractivity contribution in [3.8, 4) is 0 Å². The summed E-state index contributed by atoms with van der Waals surface area (Å²) in [6.45, 7) is 12.4. The van der Waals surface area contributed by atoms with Crippen LogP contribution in [0, 0.1) is 46.3 Å². The van der Waals surface area contributed by atoms with E-state index in [2.05, 4.69) is 40.7 Å². The second-order valence-electron chi connectivity index (χ2n) is 12.1. The predicted octanol–water partition coefficient (Wildman–Crippen LogP) is 7.39. The van der Waals surface area contributed by atoms with Gasteiger partial charge in [0, 0.05) is 5.41 Å². The van der Waals surface area contributed by atoms with Crippen molar-refractivity contribution in [3.63, 3.8) is 0 Å². The third-order valence-electron chi connectivity index (χ3n) is 10.3. The van der Waals surface area contributed by atoms with Gasteiger partial charge in [0.05, 0.1) is 6.10 Å². The Balaban J connectivity index is 1.52. The third kappa shape index (κ3) is 3.23. The van der Waals surface area contributed by atoms with Crippen molar-refractivity contribution in [2.24, 2.45) is 46.3 Å². The minimum absolute atomic E-state index is 0.0727. The van der Waals surface area contributed by atoms with Crippen LogP contribution in [-0.4, -0.2) is 11.2 Å². The minimum Gasteiger partial charge on any atom is -0.393 e. The molecule has 0 aromatic heterocycles. The molecule has 0 bridgehead atoms. The lowest BCUT2D eigenvalue weighted by molar-refractivity contribution is -0.0959. The van der Waals surface area contributed by atoms with Gasteiger partial charge in [0.15, 0.2) is 0 Å². The molecule has 0 radical (unpaired) electrons. The molecular formula is C27H46O. The van der Waals surface area contributed by atoms with Gasteiger partial charge in [-0.25, -0.2) is 0 Å². The van der Waals surface area contributed by atoms with Gasteiger partial charge in [0.2, 0.25) is 0 Å². The van der Waals surface area contributed by atoms with E-state index < -0.39 is 0 Å². The highest BCUT2D eigenvalue weighted by Gasteiger charge is 2.59. The Morgan fingerprint density at radius 2 is 1.79 bits per heavy atom. The summed E-state index contributed by atoms with van der Waals surface area (Å²) in [5, 5.41) is 11.1. The molecule has 0 saturated heterocycles. The maximum Gasteiger partial charge on any atom is 0.0602 e. The van der Waals surface area contributed by atoms with Crippen molar-refractivity contribution >= 4 is 0 Å². The summed E-state index contributed by atoms with van der Waals surface area (Å²) in [4.78, 5) is 0. The van der Waals surface area contributed by atoms with Crippen LogP contribution in [0.4, 0.5) is 0 Å². The lowest BCUT2D eigenvalue weighted by atomic mass is 9.47. The third-order valence-corrected chi connectivity index (χ3v) is 10.3. The maximum atomic E-state index is 11.1. The number of fused-ring (bicyclic) bond motifs is 5. The van der Waals surface area contributed by atoms with E-state index in [1.807, 2.05) is 0 Å². The fourth-order valence-electron chi connectivity index (χ4n) is 8.59. The molecule has 160 valence electrons. The van der Waals surface area contributed by atoms with Crippen LogP contribution in [0.1, 0.15) is 105 Å². The zero-order valence-electron chi connectivity index (χ0n) is 19.3. The first kappa shape index (κ1) is 21.0. The van der Waals surface area contributed by atoms with Gasteiger partial charge in [-0.05, 0) is 85.9 Å². The van der Waals surface area contributed by atoms with Crippen molar-refractivity contribution in [3.05, 3.63) is 11.6 Å². The zero-order valence-corrected chi connectivity index (χ0v) is 19.3. The van der Waals surface area contributed by atoms with Crippen LogP contribution in [0.5, 0.6) is 0 Å². The van der Waals surface area contributed by atoms with Crippen molar-refractivity contribution in [2.75, 3.05) is 0 Å². The topological polar surface area (TPSA) is 20.2 Å². The number of allylic oxidation sites excluding steroid dienone is 2. The fourth-order valence-corrected chi connectivity index (χ4v) is 8.59. The Morgan fingerprint density at radius 3 is 2.54 bits per heavy atom. The first-order valence-electron chi connectivity index (χ1n) is 12.7. The average molecular weight is 387 g/mol. The standard InChI is InChI=1S/C27H46O/c1-18(2)8-6-9-19(3)22-14-15-23-21-13-12-20-10-7-11-25(28)27(20,5)24(21)16-17-26(22,23)4/h13,18-20,22-25,28H,6-12,14-17H2,1-5H3/t19-,20?,22-,23+,24+,25?,26-,27+/m1/s1. The van der Waals surface area contributed by atoms with Gasteiger partial charge in [-0.1, -0.05) is 72.0 Å². The SMILES string of the molecule is CC(C)CCC[C@@H](C)[C@H]1CC[C@H]2C3=CCC4CCCC(O)[C@]4(C)[C@H]3CC[C@]12C. The van der Waals surface area contributed by atoms with Crippen LogP contribution in [0.2, 0.25) is 0 Å². The average Bonchev–Trinajstić information content (AvgIpc) is 3.00. The molecule has 3 fully saturated rings. The van der Waals surface area contributed by atoms with E-state index >= 15 is 0 Å². The molecule has 4 rings (SSSR count). The van der Waals surface area contributed by atoms with Gasteiger partial charge >= 0.3 is 0 Å². The molecule has 4 aliphatic carbocycles. The smallest absolute Gasteiger partial charge is 0.0602 e. The quantitative estimate of drug-likeness (QED) is 0.488. The zero-order chi connectivity index (χ0) is 20.1. The Kier molecular flexibility index (Phi) is 5.80. The van der Waals surface area contributed by atoms with E-state index in [4.69, 9.17) is 0 Å². The highest BCUT2D eigenvalue weighted by molar-refractivity contribution is 5.28. The molecule has 0 aromatic rings. The summed E-state index contributed by atoms with van der Waals surface area (Å²) >= 11 is 0. The molecule has 1 N–H and O–H groups in total. The molecule has 1 heteroatoms. The Bertz CT molecular complexity index is 591. The second kappa shape index (κ2) is 7.75. The highest BCUT2D eigenvalue weighted by Crippen LogP contribution is 2.66. The number of rotatable bonds is 5. The van der Waals surface area contributed by atoms with Gasteiger partial charge in [0.1, 0.15) is 0 Å². The second-order valence-corrected chi connectivity index (χ2v) is 12.1. The summed E-state index contributed by atoms with van der Waals surface area (Å²) in [5.74, 6) is 4.82. The molecule has 4 aliphatic rings. The predicted molar refractivity (Wildman–Crippen MR) is 119 cm³/mol. The van der Waals surface area contributed by atoms with Crippen LogP contribution in [0.15, 0.2) is 11.6 Å². The number of aliphatic hydroxyl groups excluding tert-OH is 1. The van der Waals surface area contributed by atoms with Gasteiger partial charge < -0.3 is 5.11 Å². The molecule has 28 heavy (non-hydrogen) atoms. The van der Waals surface area contributed by atoms with Crippen LogP contribution in [0.25, 0.3) is 0 Å². The van der Waals surface area contributed by atoms with Crippen LogP contribution in [0.3, 0.4) is 0 Å². The van der Waals surface area contributed by atoms with E-state index in [1.165, 1.54) is 64.2 Å². The molecule has 0 spiro atoms. The molecule has 0 aromatic carbocycles. The normalized spacial score (nSPS) is 46.5. The van der Waals surface area contributed by atoms with Crippen LogP contribution in [-0.2, 0) is 0 Å². The van der Waals surface area contributed by atoms with Crippen molar-refractivity contribution < 1.29 is 5.11 Å². The molecule has 8 atom stereocenters. The maximum absolute atomic E-state index is 11.1. The number of hydrogen-bond acceptors (Lipinski definition) is 1. The first-order chi connectivity index (χ1) is 13.3. The summed E-state index contributed by atoms with van der Waals surface area (Å²) < 4.78 is 0. The van der Waals surface area contributed by atoms with E-state index in [1.54, 1.807) is 5.57 Å². The minimum atomic E-state index is -0.0727. The molecule has 0 heterocycles. The Labute approximate surface area is 174 Å². The van der Waals surface area contributed by atoms with Gasteiger partial charge in [0.25, 0.3) is 0 Å². The Hall–Kier alpha value is -0.300. The molecule has 0 amide bonds. The molecule has 2 unspecified atom stereocenters. The largest absolute Gasteiger partial charge is 0.393 e. The van der Waals surface area contributed by atoms with Gasteiger partial charge in [-0.3, -0.25) is 0 Å². The molecular weight excluding hydrogens is 340 g/mol. The summed E-state index contributed by atoms with van der Waals surface area (Å²) in [6, 6.07) is 0. The highest BCUT2D eigenvalue weighted by atomic mass is 16.3. The van der Waals surface area contributed by atoms with Crippen molar-refractivity contribution in [1.82, 2.24) is 0 Å². The monoisotopic (exact) mass is 386 g/mol. The van der Waals surface area contributed by atoms with Crippen LogP contribution >= 0.6 is 0 Å². The summed E-state index contributed by atoms with van der Waals surface area (Å²) in [6.07, 6.45) is 17.3. The lowest BCUT2D eigenvalue weighted by Gasteiger charge is -2.58. The number of aliphatic hydroxyl groups is 1. The van der Waals surface area contributed by atoms with Crippen LogP contribution < -0.4 is 0 Å². The molecule has 0 aliphatic heterocycles. The van der Waals surface area contributed by atoms with Gasteiger partial charge in [-0.15, -0.1) is 0 Å². The summed E-state index contributed by atoms with van der Waals surface area (Å²) in [7, 11) is 0. The van der Waals surface area contributed by atoms with E-state index in [0.717, 1.165) is 36.0 Å². The molecule has 1 nitrogen and oxygen atoms in total.